The van der Waals surface area contributed by atoms with Gasteiger partial charge in [0.05, 0.1) is 11.6 Å². The maximum atomic E-state index is 13.1. The smallest absolute Gasteiger partial charge is 0.240 e. The Hall–Kier alpha value is -2.41. The van der Waals surface area contributed by atoms with Crippen LogP contribution in [0.15, 0.2) is 47.9 Å². The average Bonchev–Trinajstić information content (AvgIpc) is 3.03. The number of likely N-dealkylation sites (N-methyl/N-ethyl adjacent to an activating group) is 1. The van der Waals surface area contributed by atoms with E-state index in [2.05, 4.69) is 15.1 Å². The molecular weight excluding hydrogens is 334 g/mol. The lowest BCUT2D eigenvalue weighted by molar-refractivity contribution is -0.130. The summed E-state index contributed by atoms with van der Waals surface area (Å²) in [6, 6.07) is 9.84. The first-order valence-electron chi connectivity index (χ1n) is 8.28. The number of hydrogen-bond donors (Lipinski definition) is 0. The minimum Gasteiger partial charge on any atom is -0.342 e. The Labute approximate surface area is 151 Å². The predicted octanol–water partition coefficient (Wildman–Crippen LogP) is 3.07. The summed E-state index contributed by atoms with van der Waals surface area (Å²) in [6.45, 7) is 5.37. The van der Waals surface area contributed by atoms with Crippen LogP contribution >= 0.6 is 11.8 Å². The molecule has 0 saturated heterocycles. The van der Waals surface area contributed by atoms with Crippen LogP contribution in [0.1, 0.15) is 24.7 Å². The van der Waals surface area contributed by atoms with Crippen molar-refractivity contribution in [2.75, 3.05) is 13.1 Å². The molecule has 2 heterocycles. The highest BCUT2D eigenvalue weighted by atomic mass is 32.2. The van der Waals surface area contributed by atoms with Crippen LogP contribution in [0, 0.1) is 0 Å². The fraction of sp³-hybridized carbons (Fsp3) is 0.333. The van der Waals surface area contributed by atoms with Gasteiger partial charge in [0.25, 0.3) is 0 Å². The number of aromatic nitrogens is 4. The molecule has 0 saturated carbocycles. The van der Waals surface area contributed by atoms with Crippen LogP contribution in [0.2, 0.25) is 0 Å². The highest BCUT2D eigenvalue weighted by Crippen LogP contribution is 2.38. The summed E-state index contributed by atoms with van der Waals surface area (Å²) in [5.41, 5.74) is 1.74. The van der Waals surface area contributed by atoms with Crippen molar-refractivity contribution in [3.8, 4) is 0 Å². The summed E-state index contributed by atoms with van der Waals surface area (Å²) in [7, 11) is 1.85. The molecule has 0 aliphatic heterocycles. The molecule has 0 bridgehead atoms. The Morgan fingerprint density at radius 2 is 1.92 bits per heavy atom. The molecule has 1 amide bonds. The van der Waals surface area contributed by atoms with Gasteiger partial charge in [-0.05, 0) is 19.4 Å². The van der Waals surface area contributed by atoms with Gasteiger partial charge in [0.1, 0.15) is 16.6 Å². The van der Waals surface area contributed by atoms with Crippen LogP contribution in [0.25, 0.3) is 11.0 Å². The first-order valence-corrected chi connectivity index (χ1v) is 9.16. The van der Waals surface area contributed by atoms with E-state index in [0.717, 1.165) is 21.6 Å². The number of amides is 1. The van der Waals surface area contributed by atoms with Gasteiger partial charge in [-0.15, -0.1) is 0 Å². The molecule has 1 atom stereocenters. The normalized spacial score (nSPS) is 12.3. The van der Waals surface area contributed by atoms with Crippen LogP contribution in [0.3, 0.4) is 0 Å². The van der Waals surface area contributed by atoms with Gasteiger partial charge in [0.15, 0.2) is 5.65 Å². The summed E-state index contributed by atoms with van der Waals surface area (Å²) >= 11 is 1.46. The number of nitrogens with zero attached hydrogens (tertiary/aromatic N) is 5. The fourth-order valence-corrected chi connectivity index (χ4v) is 3.88. The minimum absolute atomic E-state index is 0.0943. The van der Waals surface area contributed by atoms with Crippen LogP contribution in [0.5, 0.6) is 0 Å². The second-order valence-corrected chi connectivity index (χ2v) is 6.70. The Bertz CT molecular complexity index is 860. The second kappa shape index (κ2) is 7.65. The standard InChI is InChI=1S/C18H21N5OS/c1-4-23(5-2)18(24)15(13-9-7-6-8-10-13)25-17-14-11-21-22(3)16(14)19-12-20-17/h6-12,15H,4-5H2,1-3H3/t15-/m1/s1. The van der Waals surface area contributed by atoms with Gasteiger partial charge in [-0.2, -0.15) is 5.10 Å². The molecule has 2 aromatic heterocycles. The third-order valence-electron chi connectivity index (χ3n) is 4.12. The summed E-state index contributed by atoms with van der Waals surface area (Å²) < 4.78 is 1.71. The van der Waals surface area contributed by atoms with E-state index < -0.39 is 0 Å². The van der Waals surface area contributed by atoms with Crippen LogP contribution < -0.4 is 0 Å². The fourth-order valence-electron chi connectivity index (χ4n) is 2.74. The van der Waals surface area contributed by atoms with E-state index in [4.69, 9.17) is 0 Å². The Kier molecular flexibility index (Phi) is 5.33. The van der Waals surface area contributed by atoms with Gasteiger partial charge in [0.2, 0.25) is 5.91 Å². The monoisotopic (exact) mass is 355 g/mol. The second-order valence-electron chi connectivity index (χ2n) is 5.60. The van der Waals surface area contributed by atoms with Crippen LogP contribution in [-0.4, -0.2) is 43.6 Å². The molecule has 7 heteroatoms. The average molecular weight is 355 g/mol. The van der Waals surface area contributed by atoms with Crippen molar-refractivity contribution >= 4 is 28.7 Å². The molecule has 6 nitrogen and oxygen atoms in total. The molecule has 3 rings (SSSR count). The molecule has 0 fully saturated rings. The van der Waals surface area contributed by atoms with Gasteiger partial charge in [0, 0.05) is 20.1 Å². The molecule has 0 radical (unpaired) electrons. The van der Waals surface area contributed by atoms with Gasteiger partial charge in [-0.1, -0.05) is 42.1 Å². The van der Waals surface area contributed by atoms with Crippen molar-refractivity contribution in [2.45, 2.75) is 24.1 Å². The van der Waals surface area contributed by atoms with E-state index in [1.54, 1.807) is 10.9 Å². The quantitative estimate of drug-likeness (QED) is 0.502. The lowest BCUT2D eigenvalue weighted by Crippen LogP contribution is -2.33. The third kappa shape index (κ3) is 3.51. The van der Waals surface area contributed by atoms with Crippen molar-refractivity contribution < 1.29 is 4.79 Å². The summed E-state index contributed by atoms with van der Waals surface area (Å²) in [5.74, 6) is 0.0943. The molecule has 0 aliphatic rings. The maximum absolute atomic E-state index is 13.1. The molecule has 25 heavy (non-hydrogen) atoms. The Morgan fingerprint density at radius 3 is 2.60 bits per heavy atom. The summed E-state index contributed by atoms with van der Waals surface area (Å²) in [6.07, 6.45) is 3.28. The van der Waals surface area contributed by atoms with E-state index in [1.807, 2.05) is 56.1 Å². The summed E-state index contributed by atoms with van der Waals surface area (Å²) in [4.78, 5) is 23.6. The van der Waals surface area contributed by atoms with Crippen molar-refractivity contribution in [1.82, 2.24) is 24.6 Å². The van der Waals surface area contributed by atoms with Crippen molar-refractivity contribution in [3.05, 3.63) is 48.4 Å². The number of carbonyl (C=O) groups is 1. The van der Waals surface area contributed by atoms with E-state index in [0.29, 0.717) is 13.1 Å². The number of thioether (sulfide) groups is 1. The Morgan fingerprint density at radius 1 is 1.20 bits per heavy atom. The highest BCUT2D eigenvalue weighted by molar-refractivity contribution is 8.00. The lowest BCUT2D eigenvalue weighted by atomic mass is 10.1. The lowest BCUT2D eigenvalue weighted by Gasteiger charge is -2.25. The van der Waals surface area contributed by atoms with E-state index in [1.165, 1.54) is 18.1 Å². The number of benzene rings is 1. The van der Waals surface area contributed by atoms with Crippen molar-refractivity contribution in [1.29, 1.82) is 0 Å². The number of fused-ring (bicyclic) bond motifs is 1. The van der Waals surface area contributed by atoms with E-state index >= 15 is 0 Å². The number of rotatable bonds is 6. The molecule has 0 aliphatic carbocycles. The first kappa shape index (κ1) is 17.4. The number of carbonyl (C=O) groups excluding carboxylic acids is 1. The summed E-state index contributed by atoms with van der Waals surface area (Å²) in [5, 5.41) is 5.54. The van der Waals surface area contributed by atoms with E-state index in [9.17, 15) is 4.79 Å². The third-order valence-corrected chi connectivity index (χ3v) is 5.38. The predicted molar refractivity (Wildman–Crippen MR) is 99.3 cm³/mol. The van der Waals surface area contributed by atoms with Crippen LogP contribution in [0.4, 0.5) is 0 Å². The molecule has 3 aromatic rings. The molecule has 0 spiro atoms. The number of hydrogen-bond acceptors (Lipinski definition) is 5. The van der Waals surface area contributed by atoms with Crippen molar-refractivity contribution in [3.63, 3.8) is 0 Å². The van der Waals surface area contributed by atoms with Gasteiger partial charge < -0.3 is 4.90 Å². The number of aryl methyl sites for hydroxylation is 1. The zero-order valence-electron chi connectivity index (χ0n) is 14.6. The maximum Gasteiger partial charge on any atom is 0.240 e. The van der Waals surface area contributed by atoms with Gasteiger partial charge in [-0.25, -0.2) is 9.97 Å². The van der Waals surface area contributed by atoms with Crippen LogP contribution in [-0.2, 0) is 11.8 Å². The SMILES string of the molecule is CCN(CC)C(=O)[C@H](Sc1ncnc2c1cnn2C)c1ccccc1. The molecule has 0 unspecified atom stereocenters. The molecular formula is C18H21N5OS. The minimum atomic E-state index is -0.348. The van der Waals surface area contributed by atoms with Crippen molar-refractivity contribution in [2.24, 2.45) is 7.05 Å². The zero-order chi connectivity index (χ0) is 17.8. The Balaban J connectivity index is 2.01. The molecule has 130 valence electrons. The molecule has 0 N–H and O–H groups in total. The zero-order valence-corrected chi connectivity index (χ0v) is 15.4. The molecule has 1 aromatic carbocycles. The van der Waals surface area contributed by atoms with Gasteiger partial charge in [-0.3, -0.25) is 9.48 Å². The highest BCUT2D eigenvalue weighted by Gasteiger charge is 2.27. The largest absolute Gasteiger partial charge is 0.342 e. The first-order chi connectivity index (χ1) is 12.2. The van der Waals surface area contributed by atoms with E-state index in [-0.39, 0.29) is 11.2 Å². The topological polar surface area (TPSA) is 63.9 Å². The van der Waals surface area contributed by atoms with Gasteiger partial charge >= 0.3 is 0 Å².